The second-order valence-corrected chi connectivity index (χ2v) is 6.24. The summed E-state index contributed by atoms with van der Waals surface area (Å²) in [7, 11) is 0. The molecule has 0 spiro atoms. The average molecular weight is 253 g/mol. The van der Waals surface area contributed by atoms with Crippen molar-refractivity contribution in [3.8, 4) is 0 Å². The van der Waals surface area contributed by atoms with Gasteiger partial charge in [0.25, 0.3) is 0 Å². The van der Waals surface area contributed by atoms with Crippen molar-refractivity contribution in [1.29, 1.82) is 0 Å². The van der Waals surface area contributed by atoms with Gasteiger partial charge in [-0.1, -0.05) is 39.0 Å². The molecule has 1 unspecified atom stereocenters. The van der Waals surface area contributed by atoms with Crippen LogP contribution in [-0.4, -0.2) is 24.8 Å². The molecule has 2 aliphatic carbocycles. The van der Waals surface area contributed by atoms with Crippen molar-refractivity contribution in [2.45, 2.75) is 83.3 Å². The zero-order chi connectivity index (χ0) is 12.8. The molecule has 106 valence electrons. The summed E-state index contributed by atoms with van der Waals surface area (Å²) in [5.41, 5.74) is 0.166. The van der Waals surface area contributed by atoms with Gasteiger partial charge in [-0.05, 0) is 45.1 Å². The topological polar surface area (TPSA) is 21.3 Å². The van der Waals surface area contributed by atoms with Crippen LogP contribution in [0, 0.1) is 5.92 Å². The van der Waals surface area contributed by atoms with E-state index in [2.05, 4.69) is 19.2 Å². The van der Waals surface area contributed by atoms with Crippen molar-refractivity contribution in [3.63, 3.8) is 0 Å². The third kappa shape index (κ3) is 3.27. The van der Waals surface area contributed by atoms with Gasteiger partial charge in [0.1, 0.15) is 0 Å². The monoisotopic (exact) mass is 253 g/mol. The van der Waals surface area contributed by atoms with Crippen LogP contribution in [0.5, 0.6) is 0 Å². The molecule has 2 fully saturated rings. The molecular formula is C16H31NO. The quantitative estimate of drug-likeness (QED) is 0.708. The number of ether oxygens (including phenoxy) is 1. The zero-order valence-corrected chi connectivity index (χ0v) is 12.3. The third-order valence-corrected chi connectivity index (χ3v) is 4.95. The SMILES string of the molecule is CCCNC(CC1CCC1)C1(OCC)CCCC1. The Bertz CT molecular complexity index is 231. The summed E-state index contributed by atoms with van der Waals surface area (Å²) in [6.45, 7) is 6.43. The summed E-state index contributed by atoms with van der Waals surface area (Å²) >= 11 is 0. The van der Waals surface area contributed by atoms with Crippen molar-refractivity contribution in [2.24, 2.45) is 5.92 Å². The van der Waals surface area contributed by atoms with Crippen LogP contribution >= 0.6 is 0 Å². The molecule has 18 heavy (non-hydrogen) atoms. The molecule has 1 atom stereocenters. The third-order valence-electron chi connectivity index (χ3n) is 4.95. The maximum Gasteiger partial charge on any atom is 0.0834 e. The van der Waals surface area contributed by atoms with Crippen LogP contribution < -0.4 is 5.32 Å². The van der Waals surface area contributed by atoms with Crippen LogP contribution in [0.3, 0.4) is 0 Å². The van der Waals surface area contributed by atoms with Crippen LogP contribution in [0.15, 0.2) is 0 Å². The fourth-order valence-corrected chi connectivity index (χ4v) is 3.72. The van der Waals surface area contributed by atoms with Crippen molar-refractivity contribution in [2.75, 3.05) is 13.2 Å². The smallest absolute Gasteiger partial charge is 0.0834 e. The molecule has 0 saturated heterocycles. The normalized spacial score (nSPS) is 25.0. The van der Waals surface area contributed by atoms with E-state index in [0.717, 1.165) is 19.1 Å². The lowest BCUT2D eigenvalue weighted by atomic mass is 9.76. The minimum Gasteiger partial charge on any atom is -0.374 e. The molecule has 0 heterocycles. The van der Waals surface area contributed by atoms with E-state index in [9.17, 15) is 0 Å². The van der Waals surface area contributed by atoms with Crippen molar-refractivity contribution in [3.05, 3.63) is 0 Å². The van der Waals surface area contributed by atoms with Crippen molar-refractivity contribution >= 4 is 0 Å². The number of hydrogen-bond acceptors (Lipinski definition) is 2. The Morgan fingerprint density at radius 2 is 1.89 bits per heavy atom. The first-order valence-electron chi connectivity index (χ1n) is 8.18. The van der Waals surface area contributed by atoms with Gasteiger partial charge >= 0.3 is 0 Å². The second kappa shape index (κ2) is 6.91. The number of rotatable bonds is 8. The van der Waals surface area contributed by atoms with E-state index >= 15 is 0 Å². The first-order valence-corrected chi connectivity index (χ1v) is 8.18. The highest BCUT2D eigenvalue weighted by molar-refractivity contribution is 4.98. The predicted molar refractivity (Wildman–Crippen MR) is 76.9 cm³/mol. The molecule has 2 rings (SSSR count). The largest absolute Gasteiger partial charge is 0.374 e. The summed E-state index contributed by atoms with van der Waals surface area (Å²) in [6, 6.07) is 0.602. The maximum absolute atomic E-state index is 6.26. The lowest BCUT2D eigenvalue weighted by molar-refractivity contribution is -0.0686. The van der Waals surface area contributed by atoms with Gasteiger partial charge in [-0.25, -0.2) is 0 Å². The van der Waals surface area contributed by atoms with Crippen LogP contribution in [0.4, 0.5) is 0 Å². The highest BCUT2D eigenvalue weighted by Gasteiger charge is 2.43. The lowest BCUT2D eigenvalue weighted by Gasteiger charge is -2.41. The van der Waals surface area contributed by atoms with Crippen molar-refractivity contribution < 1.29 is 4.74 Å². The van der Waals surface area contributed by atoms with Gasteiger partial charge < -0.3 is 10.1 Å². The Labute approximate surface area is 113 Å². The van der Waals surface area contributed by atoms with Gasteiger partial charge in [-0.3, -0.25) is 0 Å². The van der Waals surface area contributed by atoms with Gasteiger partial charge in [0.05, 0.1) is 5.60 Å². The Morgan fingerprint density at radius 1 is 1.17 bits per heavy atom. The van der Waals surface area contributed by atoms with E-state index in [1.54, 1.807) is 0 Å². The molecule has 2 aliphatic rings. The minimum absolute atomic E-state index is 0.166. The van der Waals surface area contributed by atoms with Gasteiger partial charge in [-0.15, -0.1) is 0 Å². The Kier molecular flexibility index (Phi) is 5.50. The highest BCUT2D eigenvalue weighted by atomic mass is 16.5. The van der Waals surface area contributed by atoms with E-state index in [1.807, 2.05) is 0 Å². The molecule has 2 heteroatoms. The van der Waals surface area contributed by atoms with Crippen LogP contribution in [0.2, 0.25) is 0 Å². The molecule has 0 amide bonds. The number of hydrogen-bond donors (Lipinski definition) is 1. The van der Waals surface area contributed by atoms with Gasteiger partial charge in [0.15, 0.2) is 0 Å². The first-order chi connectivity index (χ1) is 8.80. The van der Waals surface area contributed by atoms with E-state index in [-0.39, 0.29) is 5.60 Å². The molecule has 0 aliphatic heterocycles. The molecule has 0 aromatic carbocycles. The standard InChI is InChI=1S/C16H31NO/c1-3-12-17-15(13-14-8-7-9-14)16(18-4-2)10-5-6-11-16/h14-15,17H,3-13H2,1-2H3. The summed E-state index contributed by atoms with van der Waals surface area (Å²) in [6.07, 6.45) is 12.2. The van der Waals surface area contributed by atoms with Crippen molar-refractivity contribution in [1.82, 2.24) is 5.32 Å². The van der Waals surface area contributed by atoms with Gasteiger partial charge in [0, 0.05) is 12.6 Å². The Morgan fingerprint density at radius 3 is 2.39 bits per heavy atom. The molecular weight excluding hydrogens is 222 g/mol. The highest BCUT2D eigenvalue weighted by Crippen LogP contribution is 2.41. The number of nitrogens with one attached hydrogen (secondary N) is 1. The fraction of sp³-hybridized carbons (Fsp3) is 1.00. The maximum atomic E-state index is 6.26. The lowest BCUT2D eigenvalue weighted by Crippen LogP contribution is -2.52. The molecule has 0 aromatic rings. The zero-order valence-electron chi connectivity index (χ0n) is 12.3. The molecule has 1 N–H and O–H groups in total. The first kappa shape index (κ1) is 14.3. The van der Waals surface area contributed by atoms with E-state index < -0.39 is 0 Å². The fourth-order valence-electron chi connectivity index (χ4n) is 3.72. The summed E-state index contributed by atoms with van der Waals surface area (Å²) in [5, 5.41) is 3.81. The summed E-state index contributed by atoms with van der Waals surface area (Å²) in [5.74, 6) is 0.970. The van der Waals surface area contributed by atoms with Gasteiger partial charge in [-0.2, -0.15) is 0 Å². The minimum atomic E-state index is 0.166. The molecule has 0 bridgehead atoms. The molecule has 0 aromatic heterocycles. The van der Waals surface area contributed by atoms with E-state index in [0.29, 0.717) is 6.04 Å². The van der Waals surface area contributed by atoms with Gasteiger partial charge in [0.2, 0.25) is 0 Å². The van der Waals surface area contributed by atoms with E-state index in [4.69, 9.17) is 4.74 Å². The molecule has 2 nitrogen and oxygen atoms in total. The Balaban J connectivity index is 1.98. The summed E-state index contributed by atoms with van der Waals surface area (Å²) in [4.78, 5) is 0. The molecule has 2 saturated carbocycles. The van der Waals surface area contributed by atoms with Crippen LogP contribution in [0.25, 0.3) is 0 Å². The van der Waals surface area contributed by atoms with Crippen LogP contribution in [-0.2, 0) is 4.74 Å². The average Bonchev–Trinajstić information content (AvgIpc) is 2.77. The molecule has 0 radical (unpaired) electrons. The predicted octanol–water partition coefficient (Wildman–Crippen LogP) is 3.89. The second-order valence-electron chi connectivity index (χ2n) is 6.24. The summed E-state index contributed by atoms with van der Waals surface area (Å²) < 4.78 is 6.26. The van der Waals surface area contributed by atoms with Crippen LogP contribution in [0.1, 0.15) is 71.6 Å². The Hall–Kier alpha value is -0.0800. The van der Waals surface area contributed by atoms with E-state index in [1.165, 1.54) is 57.8 Å².